The van der Waals surface area contributed by atoms with Crippen molar-refractivity contribution in [2.45, 2.75) is 6.42 Å². The molecule has 0 aliphatic heterocycles. The summed E-state index contributed by atoms with van der Waals surface area (Å²) in [7, 11) is 0. The highest BCUT2D eigenvalue weighted by Crippen LogP contribution is 2.09. The van der Waals surface area contributed by atoms with Crippen molar-refractivity contribution >= 4 is 5.52 Å². The van der Waals surface area contributed by atoms with Crippen molar-refractivity contribution in [1.82, 2.24) is 4.40 Å². The quantitative estimate of drug-likeness (QED) is 0.708. The van der Waals surface area contributed by atoms with E-state index in [9.17, 15) is 0 Å². The third-order valence-electron chi connectivity index (χ3n) is 1.99. The van der Waals surface area contributed by atoms with Gasteiger partial charge in [0.25, 0.3) is 0 Å². The number of fused-ring (bicyclic) bond motifs is 1. The van der Waals surface area contributed by atoms with Gasteiger partial charge in [0.05, 0.1) is 0 Å². The maximum Gasteiger partial charge on any atom is 0.0452 e. The molecule has 0 spiro atoms. The van der Waals surface area contributed by atoms with Crippen LogP contribution in [0.15, 0.2) is 36.7 Å². The molecule has 2 rings (SSSR count). The molecule has 2 heteroatoms. The molecule has 0 bridgehead atoms. The van der Waals surface area contributed by atoms with Crippen molar-refractivity contribution in [1.29, 1.82) is 0 Å². The third-order valence-corrected chi connectivity index (χ3v) is 1.99. The van der Waals surface area contributed by atoms with E-state index in [4.69, 9.17) is 5.73 Å². The summed E-state index contributed by atoms with van der Waals surface area (Å²) in [6.07, 6.45) is 5.14. The zero-order chi connectivity index (χ0) is 8.39. The molecule has 12 heavy (non-hydrogen) atoms. The van der Waals surface area contributed by atoms with Crippen molar-refractivity contribution in [3.63, 3.8) is 0 Å². The number of aromatic nitrogens is 1. The molecule has 0 amide bonds. The summed E-state index contributed by atoms with van der Waals surface area (Å²) >= 11 is 0. The van der Waals surface area contributed by atoms with E-state index in [2.05, 4.69) is 28.9 Å². The van der Waals surface area contributed by atoms with E-state index in [1.165, 1.54) is 11.1 Å². The Morgan fingerprint density at radius 1 is 1.33 bits per heavy atom. The van der Waals surface area contributed by atoms with Crippen LogP contribution < -0.4 is 5.73 Å². The van der Waals surface area contributed by atoms with E-state index in [1.54, 1.807) is 0 Å². The molecule has 0 aromatic carbocycles. The van der Waals surface area contributed by atoms with Crippen molar-refractivity contribution in [3.8, 4) is 0 Å². The molecule has 0 atom stereocenters. The predicted octanol–water partition coefficient (Wildman–Crippen LogP) is 1.44. The Kier molecular flexibility index (Phi) is 1.84. The number of rotatable bonds is 2. The molecular weight excluding hydrogens is 148 g/mol. The lowest BCUT2D eigenvalue weighted by molar-refractivity contribution is 0.966. The monoisotopic (exact) mass is 160 g/mol. The normalized spacial score (nSPS) is 10.8. The van der Waals surface area contributed by atoms with Crippen molar-refractivity contribution < 1.29 is 0 Å². The van der Waals surface area contributed by atoms with Crippen LogP contribution in [0.1, 0.15) is 5.56 Å². The third kappa shape index (κ3) is 1.21. The first kappa shape index (κ1) is 7.37. The molecular formula is C10H12N2. The molecule has 2 aromatic heterocycles. The lowest BCUT2D eigenvalue weighted by Crippen LogP contribution is -2.01. The van der Waals surface area contributed by atoms with Crippen LogP contribution >= 0.6 is 0 Å². The lowest BCUT2D eigenvalue weighted by atomic mass is 10.2. The fourth-order valence-electron chi connectivity index (χ4n) is 1.42. The number of nitrogens with two attached hydrogens (primary N) is 1. The fraction of sp³-hybridized carbons (Fsp3) is 0.200. The number of hydrogen-bond acceptors (Lipinski definition) is 1. The molecule has 62 valence electrons. The first-order valence-electron chi connectivity index (χ1n) is 4.16. The summed E-state index contributed by atoms with van der Waals surface area (Å²) in [5.41, 5.74) is 8.02. The van der Waals surface area contributed by atoms with Crippen LogP contribution in [0.5, 0.6) is 0 Å². The van der Waals surface area contributed by atoms with Gasteiger partial charge in [-0.3, -0.25) is 0 Å². The lowest BCUT2D eigenvalue weighted by Gasteiger charge is -1.89. The van der Waals surface area contributed by atoms with E-state index in [0.29, 0.717) is 0 Å². The van der Waals surface area contributed by atoms with Crippen molar-refractivity contribution in [2.75, 3.05) is 6.54 Å². The topological polar surface area (TPSA) is 30.4 Å². The van der Waals surface area contributed by atoms with Crippen LogP contribution in [-0.2, 0) is 6.42 Å². The van der Waals surface area contributed by atoms with E-state index >= 15 is 0 Å². The Morgan fingerprint density at radius 3 is 3.00 bits per heavy atom. The van der Waals surface area contributed by atoms with Crippen molar-refractivity contribution in [3.05, 3.63) is 42.2 Å². The number of hydrogen-bond donors (Lipinski definition) is 1. The molecule has 2 aromatic rings. The molecule has 0 radical (unpaired) electrons. The summed E-state index contributed by atoms with van der Waals surface area (Å²) in [5, 5.41) is 0. The Labute approximate surface area is 71.6 Å². The van der Waals surface area contributed by atoms with E-state index in [0.717, 1.165) is 13.0 Å². The summed E-state index contributed by atoms with van der Waals surface area (Å²) in [4.78, 5) is 0. The molecule has 0 fully saturated rings. The number of nitrogens with zero attached hydrogens (tertiary/aromatic N) is 1. The SMILES string of the molecule is NCCc1cc2ccccn2c1. The predicted molar refractivity (Wildman–Crippen MR) is 50.2 cm³/mol. The average Bonchev–Trinajstić information content (AvgIpc) is 2.47. The second-order valence-corrected chi connectivity index (χ2v) is 2.92. The van der Waals surface area contributed by atoms with Gasteiger partial charge in [0.1, 0.15) is 0 Å². The van der Waals surface area contributed by atoms with Crippen LogP contribution in [0.3, 0.4) is 0 Å². The zero-order valence-electron chi connectivity index (χ0n) is 6.90. The smallest absolute Gasteiger partial charge is 0.0452 e. The average molecular weight is 160 g/mol. The van der Waals surface area contributed by atoms with Crippen LogP contribution in [0.4, 0.5) is 0 Å². The first-order valence-corrected chi connectivity index (χ1v) is 4.16. The summed E-state index contributed by atoms with van der Waals surface area (Å²) in [6.45, 7) is 0.719. The van der Waals surface area contributed by atoms with E-state index < -0.39 is 0 Å². The van der Waals surface area contributed by atoms with Gasteiger partial charge in [-0.25, -0.2) is 0 Å². The minimum absolute atomic E-state index is 0.719. The Balaban J connectivity index is 2.47. The second-order valence-electron chi connectivity index (χ2n) is 2.92. The summed E-state index contributed by atoms with van der Waals surface area (Å²) < 4.78 is 2.12. The Hall–Kier alpha value is -1.28. The summed E-state index contributed by atoms with van der Waals surface area (Å²) in [5.74, 6) is 0. The Morgan fingerprint density at radius 2 is 2.25 bits per heavy atom. The number of pyridine rings is 1. The van der Waals surface area contributed by atoms with Crippen LogP contribution in [0, 0.1) is 0 Å². The standard InChI is InChI=1S/C10H12N2/c11-5-4-9-7-10-3-1-2-6-12(10)8-9/h1-3,6-8H,4-5,11H2. The second kappa shape index (κ2) is 2.99. The van der Waals surface area contributed by atoms with Gasteiger partial charge in [-0.1, -0.05) is 6.07 Å². The molecule has 0 saturated heterocycles. The van der Waals surface area contributed by atoms with Gasteiger partial charge in [-0.05, 0) is 36.7 Å². The first-order chi connectivity index (χ1) is 5.90. The highest BCUT2D eigenvalue weighted by atomic mass is 14.8. The van der Waals surface area contributed by atoms with Gasteiger partial charge >= 0.3 is 0 Å². The molecule has 2 heterocycles. The van der Waals surface area contributed by atoms with Gasteiger partial charge < -0.3 is 10.1 Å². The molecule has 0 unspecified atom stereocenters. The molecule has 2 nitrogen and oxygen atoms in total. The van der Waals surface area contributed by atoms with E-state index in [1.807, 2.05) is 12.1 Å². The minimum atomic E-state index is 0.719. The van der Waals surface area contributed by atoms with Gasteiger partial charge in [0.15, 0.2) is 0 Å². The highest BCUT2D eigenvalue weighted by Gasteiger charge is 1.95. The van der Waals surface area contributed by atoms with E-state index in [-0.39, 0.29) is 0 Å². The van der Waals surface area contributed by atoms with Crippen LogP contribution in [-0.4, -0.2) is 10.9 Å². The van der Waals surface area contributed by atoms with Gasteiger partial charge in [-0.15, -0.1) is 0 Å². The van der Waals surface area contributed by atoms with Crippen LogP contribution in [0.2, 0.25) is 0 Å². The van der Waals surface area contributed by atoms with Gasteiger partial charge in [-0.2, -0.15) is 0 Å². The minimum Gasteiger partial charge on any atom is -0.330 e. The fourth-order valence-corrected chi connectivity index (χ4v) is 1.42. The molecule has 0 aliphatic rings. The maximum absolute atomic E-state index is 5.47. The molecule has 0 aliphatic carbocycles. The van der Waals surface area contributed by atoms with Gasteiger partial charge in [0, 0.05) is 17.9 Å². The Bertz CT molecular complexity index is 343. The van der Waals surface area contributed by atoms with Crippen molar-refractivity contribution in [2.24, 2.45) is 5.73 Å². The highest BCUT2D eigenvalue weighted by molar-refractivity contribution is 5.50. The summed E-state index contributed by atoms with van der Waals surface area (Å²) in [6, 6.07) is 8.34. The maximum atomic E-state index is 5.47. The molecule has 0 saturated carbocycles. The largest absolute Gasteiger partial charge is 0.330 e. The van der Waals surface area contributed by atoms with Crippen LogP contribution in [0.25, 0.3) is 5.52 Å². The molecule has 2 N–H and O–H groups in total. The van der Waals surface area contributed by atoms with Gasteiger partial charge in [0.2, 0.25) is 0 Å². The zero-order valence-corrected chi connectivity index (χ0v) is 6.90.